The van der Waals surface area contributed by atoms with Crippen LogP contribution < -0.4 is 19.8 Å². The normalized spacial score (nSPS) is 18.3. The molecule has 1 N–H and O–H groups in total. The number of carbonyl (C=O) groups is 3. The van der Waals surface area contributed by atoms with Crippen molar-refractivity contribution >= 4 is 56.9 Å². The number of hydrogen-bond acceptors (Lipinski definition) is 9. The Morgan fingerprint density at radius 3 is 2.37 bits per heavy atom. The Morgan fingerprint density at radius 2 is 1.70 bits per heavy atom. The summed E-state index contributed by atoms with van der Waals surface area (Å²) in [5.41, 5.74) is 2.38. The van der Waals surface area contributed by atoms with E-state index in [4.69, 9.17) is 25.8 Å². The van der Waals surface area contributed by atoms with Crippen LogP contribution in [0.2, 0.25) is 5.02 Å². The lowest BCUT2D eigenvalue weighted by molar-refractivity contribution is -0.149. The highest BCUT2D eigenvalue weighted by Crippen LogP contribution is 2.47. The van der Waals surface area contributed by atoms with Crippen LogP contribution in [0, 0.1) is 32.5 Å². The Hall–Kier alpha value is -5.40. The summed E-state index contributed by atoms with van der Waals surface area (Å²) in [5.74, 6) is -1.72. The van der Waals surface area contributed by atoms with E-state index in [0.717, 1.165) is 25.7 Å². The van der Waals surface area contributed by atoms with E-state index >= 15 is 4.39 Å². The van der Waals surface area contributed by atoms with Gasteiger partial charge in [-0.25, -0.2) is 9.18 Å². The predicted molar refractivity (Wildman–Crippen MR) is 214 cm³/mol. The van der Waals surface area contributed by atoms with Crippen molar-refractivity contribution < 1.29 is 38.1 Å². The lowest BCUT2D eigenvalue weighted by atomic mass is 9.92. The van der Waals surface area contributed by atoms with Crippen LogP contribution >= 0.6 is 11.6 Å². The number of methoxy groups -OCH3 is 2. The number of piperidine rings is 1. The van der Waals surface area contributed by atoms with E-state index < -0.39 is 23.2 Å². The number of likely N-dealkylation sites (tertiary alicyclic amines) is 1. The molecular formula is C43H44ClFN4O8. The first-order valence-corrected chi connectivity index (χ1v) is 19.5. The summed E-state index contributed by atoms with van der Waals surface area (Å²) in [7, 11) is 3.01. The summed E-state index contributed by atoms with van der Waals surface area (Å²) in [6.45, 7) is 6.63. The van der Waals surface area contributed by atoms with Gasteiger partial charge in [-0.1, -0.05) is 11.6 Å². The molecule has 2 saturated heterocycles. The number of carbonyl (C=O) groups excluding carboxylic acids is 2. The molecule has 12 nitrogen and oxygen atoms in total. The largest absolute Gasteiger partial charge is 0.497 e. The Bertz CT molecular complexity index is 2540. The molecule has 1 aliphatic carbocycles. The van der Waals surface area contributed by atoms with E-state index in [1.165, 1.54) is 14.0 Å². The second-order valence-electron chi connectivity index (χ2n) is 15.3. The molecule has 298 valence electrons. The number of halogens is 2. The molecule has 2 aromatic heterocycles. The minimum absolute atomic E-state index is 0.0181. The molecule has 3 aliphatic rings. The van der Waals surface area contributed by atoms with Crippen LogP contribution in [0.4, 0.5) is 10.1 Å². The molecule has 2 unspecified atom stereocenters. The van der Waals surface area contributed by atoms with Crippen LogP contribution in [-0.4, -0.2) is 83.6 Å². The van der Waals surface area contributed by atoms with Crippen LogP contribution in [-0.2, 0) is 16.0 Å². The van der Waals surface area contributed by atoms with E-state index in [2.05, 4.69) is 4.90 Å². The van der Waals surface area contributed by atoms with E-state index in [0.29, 0.717) is 69.3 Å². The summed E-state index contributed by atoms with van der Waals surface area (Å²) in [5, 5.41) is 11.2. The summed E-state index contributed by atoms with van der Waals surface area (Å²) >= 11 is 6.08. The number of pyridine rings is 1. The third-order valence-electron chi connectivity index (χ3n) is 12.1. The van der Waals surface area contributed by atoms with Crippen LogP contribution in [0.15, 0.2) is 47.3 Å². The van der Waals surface area contributed by atoms with Crippen molar-refractivity contribution in [2.45, 2.75) is 65.0 Å². The minimum atomic E-state index is -1.34. The lowest BCUT2D eigenvalue weighted by Gasteiger charge is -2.36. The Labute approximate surface area is 333 Å². The number of carboxylic acids is 1. The topological polar surface area (TPSA) is 133 Å². The van der Waals surface area contributed by atoms with Gasteiger partial charge in [0.05, 0.1) is 37.1 Å². The molecule has 3 aromatic carbocycles. The third kappa shape index (κ3) is 6.50. The molecule has 4 heterocycles. The van der Waals surface area contributed by atoms with Gasteiger partial charge in [-0.15, -0.1) is 0 Å². The van der Waals surface area contributed by atoms with Crippen molar-refractivity contribution in [1.82, 2.24) is 14.0 Å². The van der Waals surface area contributed by atoms with Crippen LogP contribution in [0.3, 0.4) is 0 Å². The maximum atomic E-state index is 16.6. The monoisotopic (exact) mass is 798 g/mol. The summed E-state index contributed by atoms with van der Waals surface area (Å²) in [4.78, 5) is 57.4. The van der Waals surface area contributed by atoms with E-state index in [1.807, 2.05) is 22.5 Å². The number of aromatic nitrogens is 2. The lowest BCUT2D eigenvalue weighted by Crippen LogP contribution is -2.46. The van der Waals surface area contributed by atoms with Crippen molar-refractivity contribution in [3.05, 3.63) is 97.2 Å². The first kappa shape index (κ1) is 38.5. The maximum absolute atomic E-state index is 16.6. The van der Waals surface area contributed by atoms with Crippen molar-refractivity contribution in [2.75, 3.05) is 45.5 Å². The highest BCUT2D eigenvalue weighted by Gasteiger charge is 2.43. The molecule has 0 spiro atoms. The van der Waals surface area contributed by atoms with Crippen molar-refractivity contribution in [1.29, 1.82) is 0 Å². The number of hydrogen-bond donors (Lipinski definition) is 1. The van der Waals surface area contributed by atoms with E-state index in [-0.39, 0.29) is 65.0 Å². The molecule has 3 fully saturated rings. The smallest absolute Gasteiger partial charge is 0.341 e. The first-order valence-electron chi connectivity index (χ1n) is 19.1. The molecule has 1 saturated carbocycles. The fourth-order valence-corrected chi connectivity index (χ4v) is 9.28. The van der Waals surface area contributed by atoms with E-state index in [9.17, 15) is 24.3 Å². The number of esters is 1. The second kappa shape index (κ2) is 14.8. The molecule has 8 rings (SSSR count). The van der Waals surface area contributed by atoms with Gasteiger partial charge in [0.2, 0.25) is 5.43 Å². The number of aromatic carboxylic acids is 1. The number of fused-ring (bicyclic) bond motifs is 3. The van der Waals surface area contributed by atoms with Gasteiger partial charge in [0.25, 0.3) is 5.91 Å². The van der Waals surface area contributed by atoms with Crippen molar-refractivity contribution in [3.63, 3.8) is 0 Å². The Kier molecular flexibility index (Phi) is 10.0. The van der Waals surface area contributed by atoms with E-state index in [1.54, 1.807) is 55.0 Å². The Morgan fingerprint density at radius 1 is 0.965 bits per heavy atom. The van der Waals surface area contributed by atoms with Gasteiger partial charge in [-0.2, -0.15) is 0 Å². The maximum Gasteiger partial charge on any atom is 0.341 e. The molecule has 0 bridgehead atoms. The number of aryl methyl sites for hydroxylation is 1. The standard InChI is InChI=1S/C43H44ClFN4O8/c1-22-35-38(48(28-12-13-28)24(3)36(40(35)51)43(53)54)41(56-5)39(37(22)45)47-19-26-7-6-16-46(33(26)20-47)21-57-34(50)18-30-23(2)49(32-15-14-29(55-4)17-31(30)32)42(52)25-8-10-27(44)11-9-25/h8-11,14-15,17,26,28,33H,6-7,12-13,16,18-21H2,1-5H3,(H,53,54). The third-order valence-corrected chi connectivity index (χ3v) is 12.3. The Balaban J connectivity index is 1.06. The number of anilines is 1. The SMILES string of the molecule is COc1ccc2c(c1)c(CC(=O)OCN1CCCC3CN(c4c(F)c(C)c5c(=O)c(C(=O)O)c(C)n(C6CC6)c5c4OC)CC31)c(C)n2C(=O)c1ccc(Cl)cc1. The molecule has 0 radical (unpaired) electrons. The molecule has 2 atom stereocenters. The van der Waals surface area contributed by atoms with Gasteiger partial charge in [-0.3, -0.25) is 23.9 Å². The number of nitrogens with zero attached hydrogens (tertiary/aromatic N) is 4. The van der Waals surface area contributed by atoms with Crippen molar-refractivity contribution in [2.24, 2.45) is 5.92 Å². The van der Waals surface area contributed by atoms with Gasteiger partial charge in [0, 0.05) is 64.6 Å². The number of carboxylic acid groups (broad SMARTS) is 1. The average Bonchev–Trinajstić information content (AvgIpc) is 3.87. The summed E-state index contributed by atoms with van der Waals surface area (Å²) in [6.07, 6.45) is 3.31. The van der Waals surface area contributed by atoms with Gasteiger partial charge in [0.1, 0.15) is 23.7 Å². The molecular weight excluding hydrogens is 755 g/mol. The van der Waals surface area contributed by atoms with Crippen LogP contribution in [0.5, 0.6) is 11.5 Å². The number of rotatable bonds is 10. The predicted octanol–water partition coefficient (Wildman–Crippen LogP) is 7.06. The van der Waals surface area contributed by atoms with Gasteiger partial charge >= 0.3 is 11.9 Å². The minimum Gasteiger partial charge on any atom is -0.497 e. The molecule has 14 heteroatoms. The van der Waals surface area contributed by atoms with Crippen LogP contribution in [0.25, 0.3) is 21.8 Å². The fourth-order valence-electron chi connectivity index (χ4n) is 9.16. The zero-order chi connectivity index (χ0) is 40.4. The molecule has 5 aromatic rings. The number of benzene rings is 3. The fraction of sp³-hybridized carbons (Fsp3) is 0.395. The summed E-state index contributed by atoms with van der Waals surface area (Å²) < 4.78 is 37.5. The zero-order valence-corrected chi connectivity index (χ0v) is 33.2. The summed E-state index contributed by atoms with van der Waals surface area (Å²) in [6, 6.07) is 12.0. The zero-order valence-electron chi connectivity index (χ0n) is 32.5. The van der Waals surface area contributed by atoms with Gasteiger partial charge in [0.15, 0.2) is 11.6 Å². The van der Waals surface area contributed by atoms with Crippen molar-refractivity contribution in [3.8, 4) is 11.5 Å². The molecule has 57 heavy (non-hydrogen) atoms. The highest BCUT2D eigenvalue weighted by atomic mass is 35.5. The van der Waals surface area contributed by atoms with Crippen LogP contribution in [0.1, 0.15) is 75.0 Å². The second-order valence-corrected chi connectivity index (χ2v) is 15.8. The highest BCUT2D eigenvalue weighted by molar-refractivity contribution is 6.30. The average molecular weight is 799 g/mol. The first-order chi connectivity index (χ1) is 27.3. The number of ether oxygens (including phenoxy) is 3. The quantitative estimate of drug-likeness (QED) is 0.147. The van der Waals surface area contributed by atoms with Gasteiger partial charge < -0.3 is 28.8 Å². The van der Waals surface area contributed by atoms with Gasteiger partial charge in [-0.05, 0) is 100 Å². The molecule has 2 aliphatic heterocycles. The molecule has 0 amide bonds.